The summed E-state index contributed by atoms with van der Waals surface area (Å²) in [6, 6.07) is 12.2. The summed E-state index contributed by atoms with van der Waals surface area (Å²) in [5.74, 6) is 1.49. The van der Waals surface area contributed by atoms with Crippen LogP contribution in [0.3, 0.4) is 0 Å². The van der Waals surface area contributed by atoms with Crippen LogP contribution in [0.15, 0.2) is 42.5 Å². The second kappa shape index (κ2) is 9.68. The first-order valence-electron chi connectivity index (χ1n) is 9.33. The summed E-state index contributed by atoms with van der Waals surface area (Å²) in [7, 11) is 0. The number of aryl methyl sites for hydroxylation is 1. The summed E-state index contributed by atoms with van der Waals surface area (Å²) in [6.45, 7) is 5.75. The fraction of sp³-hybridized carbons (Fsp3) is 0.350. The molecule has 2 aromatic carbocycles. The molecule has 0 saturated heterocycles. The number of hydrogen-bond donors (Lipinski definition) is 1. The predicted octanol–water partition coefficient (Wildman–Crippen LogP) is 3.81. The Labute approximate surface area is 163 Å². The minimum absolute atomic E-state index is 0.108. The third-order valence-electron chi connectivity index (χ3n) is 4.09. The van der Waals surface area contributed by atoms with Gasteiger partial charge in [0.15, 0.2) is 11.5 Å². The molecule has 0 bridgehead atoms. The number of tetrazole rings is 1. The van der Waals surface area contributed by atoms with Crippen molar-refractivity contribution >= 4 is 5.95 Å². The van der Waals surface area contributed by atoms with Gasteiger partial charge in [-0.05, 0) is 35.9 Å². The van der Waals surface area contributed by atoms with Gasteiger partial charge in [0.1, 0.15) is 12.4 Å². The first-order valence-corrected chi connectivity index (χ1v) is 9.33. The van der Waals surface area contributed by atoms with Gasteiger partial charge in [0.25, 0.3) is 0 Å². The van der Waals surface area contributed by atoms with E-state index in [2.05, 4.69) is 27.8 Å². The molecule has 0 fully saturated rings. The number of hydrogen-bond acceptors (Lipinski definition) is 6. The Bertz CT molecular complexity index is 900. The van der Waals surface area contributed by atoms with Crippen LogP contribution >= 0.6 is 0 Å². The maximum absolute atomic E-state index is 13.9. The summed E-state index contributed by atoms with van der Waals surface area (Å²) in [5.41, 5.74) is 1.35. The number of nitrogens with zero attached hydrogens (tertiary/aromatic N) is 4. The second-order valence-electron chi connectivity index (χ2n) is 6.14. The van der Waals surface area contributed by atoms with Gasteiger partial charge in [-0.2, -0.15) is 0 Å². The number of ether oxygens (including phenoxy) is 2. The summed E-state index contributed by atoms with van der Waals surface area (Å²) in [6.07, 6.45) is 0.927. The van der Waals surface area contributed by atoms with Crippen LogP contribution in [0.5, 0.6) is 11.5 Å². The quantitative estimate of drug-likeness (QED) is 0.572. The highest BCUT2D eigenvalue weighted by molar-refractivity contribution is 5.48. The van der Waals surface area contributed by atoms with E-state index in [0.29, 0.717) is 36.2 Å². The molecule has 3 aromatic rings. The van der Waals surface area contributed by atoms with E-state index in [1.165, 1.54) is 6.07 Å². The Morgan fingerprint density at radius 1 is 1.04 bits per heavy atom. The summed E-state index contributed by atoms with van der Waals surface area (Å²) >= 11 is 0. The molecule has 0 atom stereocenters. The van der Waals surface area contributed by atoms with Gasteiger partial charge in [-0.3, -0.25) is 0 Å². The Hall–Kier alpha value is -3.16. The topological polar surface area (TPSA) is 74.1 Å². The third-order valence-corrected chi connectivity index (χ3v) is 4.09. The van der Waals surface area contributed by atoms with Gasteiger partial charge in [0.05, 0.1) is 6.61 Å². The summed E-state index contributed by atoms with van der Waals surface area (Å²) in [5, 5.41) is 14.9. The largest absolute Gasteiger partial charge is 0.490 e. The van der Waals surface area contributed by atoms with Gasteiger partial charge in [-0.25, -0.2) is 9.07 Å². The van der Waals surface area contributed by atoms with Crippen molar-refractivity contribution in [3.63, 3.8) is 0 Å². The molecule has 0 spiro atoms. The fourth-order valence-electron chi connectivity index (χ4n) is 2.77. The van der Waals surface area contributed by atoms with Crippen molar-refractivity contribution in [2.75, 3.05) is 11.9 Å². The monoisotopic (exact) mass is 385 g/mol. The first-order chi connectivity index (χ1) is 13.7. The Kier molecular flexibility index (Phi) is 6.78. The van der Waals surface area contributed by atoms with E-state index in [9.17, 15) is 4.39 Å². The van der Waals surface area contributed by atoms with Gasteiger partial charge < -0.3 is 14.8 Å². The van der Waals surface area contributed by atoms with E-state index in [1.54, 1.807) is 22.9 Å². The molecule has 0 radical (unpaired) electrons. The number of benzene rings is 2. The summed E-state index contributed by atoms with van der Waals surface area (Å²) < 4.78 is 27.3. The molecule has 148 valence electrons. The predicted molar refractivity (Wildman–Crippen MR) is 104 cm³/mol. The van der Waals surface area contributed by atoms with Crippen LogP contribution < -0.4 is 14.8 Å². The van der Waals surface area contributed by atoms with E-state index >= 15 is 0 Å². The van der Waals surface area contributed by atoms with Gasteiger partial charge >= 0.3 is 0 Å². The molecular weight excluding hydrogens is 361 g/mol. The van der Waals surface area contributed by atoms with E-state index < -0.39 is 0 Å². The number of nitrogens with one attached hydrogen (secondary N) is 1. The Morgan fingerprint density at radius 2 is 1.86 bits per heavy atom. The number of rotatable bonds is 10. The van der Waals surface area contributed by atoms with Crippen molar-refractivity contribution in [1.29, 1.82) is 0 Å². The zero-order valence-corrected chi connectivity index (χ0v) is 16.1. The lowest BCUT2D eigenvalue weighted by atomic mass is 10.1. The Morgan fingerprint density at radius 3 is 2.64 bits per heavy atom. The number of halogens is 1. The van der Waals surface area contributed by atoms with Crippen LogP contribution in [-0.2, 0) is 19.7 Å². The SMILES string of the molecule is CCCn1nnnc1NCc1cccc(OCC)c1OCc1ccccc1F. The van der Waals surface area contributed by atoms with Gasteiger partial charge in [0.2, 0.25) is 5.95 Å². The fourth-order valence-corrected chi connectivity index (χ4v) is 2.77. The second-order valence-corrected chi connectivity index (χ2v) is 6.14. The van der Waals surface area contributed by atoms with Crippen molar-refractivity contribution in [2.45, 2.75) is 40.0 Å². The maximum Gasteiger partial charge on any atom is 0.243 e. The molecular formula is C20H24FN5O2. The van der Waals surface area contributed by atoms with Crippen molar-refractivity contribution < 1.29 is 13.9 Å². The molecule has 1 heterocycles. The number of anilines is 1. The van der Waals surface area contributed by atoms with Crippen molar-refractivity contribution in [3.8, 4) is 11.5 Å². The van der Waals surface area contributed by atoms with Crippen LogP contribution in [0, 0.1) is 5.82 Å². The minimum Gasteiger partial charge on any atom is -0.490 e. The minimum atomic E-state index is -0.296. The molecule has 7 nitrogen and oxygen atoms in total. The van der Waals surface area contributed by atoms with Crippen LogP contribution in [-0.4, -0.2) is 26.8 Å². The van der Waals surface area contributed by atoms with Gasteiger partial charge in [-0.1, -0.05) is 42.4 Å². The normalized spacial score (nSPS) is 10.7. The molecule has 1 N–H and O–H groups in total. The van der Waals surface area contributed by atoms with Crippen LogP contribution in [0.1, 0.15) is 31.4 Å². The molecule has 28 heavy (non-hydrogen) atoms. The average Bonchev–Trinajstić information content (AvgIpc) is 3.14. The maximum atomic E-state index is 13.9. The molecule has 0 aliphatic carbocycles. The van der Waals surface area contributed by atoms with Crippen molar-refractivity contribution in [2.24, 2.45) is 0 Å². The zero-order chi connectivity index (χ0) is 19.8. The molecule has 0 unspecified atom stereocenters. The number of aromatic nitrogens is 4. The molecule has 1 aromatic heterocycles. The standard InChI is InChI=1S/C20H24FN5O2/c1-3-12-26-20(23-24-25-26)22-13-15-9-7-11-18(27-4-2)19(15)28-14-16-8-5-6-10-17(16)21/h5-11H,3-4,12-14H2,1-2H3,(H,22,23,25). The zero-order valence-electron chi connectivity index (χ0n) is 16.1. The van der Waals surface area contributed by atoms with Crippen LogP contribution in [0.2, 0.25) is 0 Å². The average molecular weight is 385 g/mol. The highest BCUT2D eigenvalue weighted by Gasteiger charge is 2.14. The van der Waals surface area contributed by atoms with Crippen molar-refractivity contribution in [3.05, 3.63) is 59.4 Å². The lowest BCUT2D eigenvalue weighted by Gasteiger charge is -2.17. The lowest BCUT2D eigenvalue weighted by Crippen LogP contribution is -2.10. The number of para-hydroxylation sites is 1. The van der Waals surface area contributed by atoms with E-state index in [1.807, 2.05) is 25.1 Å². The lowest BCUT2D eigenvalue weighted by molar-refractivity contribution is 0.263. The van der Waals surface area contributed by atoms with E-state index in [4.69, 9.17) is 9.47 Å². The van der Waals surface area contributed by atoms with Crippen molar-refractivity contribution in [1.82, 2.24) is 20.2 Å². The highest BCUT2D eigenvalue weighted by atomic mass is 19.1. The van der Waals surface area contributed by atoms with Gasteiger partial charge in [-0.15, -0.1) is 0 Å². The van der Waals surface area contributed by atoms with Crippen LogP contribution in [0.4, 0.5) is 10.3 Å². The molecule has 3 rings (SSSR count). The molecule has 0 saturated carbocycles. The first kappa shape index (κ1) is 19.6. The van der Waals surface area contributed by atoms with E-state index in [-0.39, 0.29) is 12.4 Å². The molecule has 0 aliphatic heterocycles. The van der Waals surface area contributed by atoms with E-state index in [0.717, 1.165) is 18.5 Å². The molecule has 8 heteroatoms. The highest BCUT2D eigenvalue weighted by Crippen LogP contribution is 2.32. The smallest absolute Gasteiger partial charge is 0.243 e. The summed E-state index contributed by atoms with van der Waals surface area (Å²) in [4.78, 5) is 0. The Balaban J connectivity index is 1.79. The van der Waals surface area contributed by atoms with Crippen LogP contribution in [0.25, 0.3) is 0 Å². The third kappa shape index (κ3) is 4.76. The molecule has 0 aliphatic rings. The van der Waals surface area contributed by atoms with Gasteiger partial charge in [0, 0.05) is 24.2 Å². The molecule has 0 amide bonds.